The SMILES string of the molecule is C=C(Cl)CSc1ncnc2nc[nH]c12. The summed E-state index contributed by atoms with van der Waals surface area (Å²) in [5.41, 5.74) is 1.51. The van der Waals surface area contributed by atoms with Crippen LogP contribution in [0.1, 0.15) is 0 Å². The van der Waals surface area contributed by atoms with Gasteiger partial charge in [-0.25, -0.2) is 15.0 Å². The second-order valence-electron chi connectivity index (χ2n) is 2.59. The monoisotopic (exact) mass is 226 g/mol. The maximum absolute atomic E-state index is 5.67. The lowest BCUT2D eigenvalue weighted by Gasteiger charge is -1.98. The van der Waals surface area contributed by atoms with Crippen LogP contribution >= 0.6 is 23.4 Å². The first-order valence-electron chi connectivity index (χ1n) is 3.87. The van der Waals surface area contributed by atoms with Crippen LogP contribution in [-0.2, 0) is 0 Å². The average Bonchev–Trinajstić information content (AvgIpc) is 2.62. The van der Waals surface area contributed by atoms with Crippen molar-refractivity contribution in [2.45, 2.75) is 5.03 Å². The third-order valence-corrected chi connectivity index (χ3v) is 2.92. The summed E-state index contributed by atoms with van der Waals surface area (Å²) in [5, 5.41) is 1.44. The summed E-state index contributed by atoms with van der Waals surface area (Å²) in [6.45, 7) is 3.61. The third kappa shape index (κ3) is 1.88. The van der Waals surface area contributed by atoms with Crippen LogP contribution in [0.3, 0.4) is 0 Å². The normalized spacial score (nSPS) is 10.6. The molecule has 72 valence electrons. The number of nitrogens with zero attached hydrogens (tertiary/aromatic N) is 3. The topological polar surface area (TPSA) is 54.5 Å². The molecule has 0 aromatic carbocycles. The maximum atomic E-state index is 5.67. The average molecular weight is 227 g/mol. The molecule has 2 aromatic heterocycles. The highest BCUT2D eigenvalue weighted by atomic mass is 35.5. The molecule has 6 heteroatoms. The smallest absolute Gasteiger partial charge is 0.181 e. The zero-order chi connectivity index (χ0) is 9.97. The molecule has 2 aromatic rings. The Hall–Kier alpha value is -1.07. The lowest BCUT2D eigenvalue weighted by atomic mass is 10.6. The van der Waals surface area contributed by atoms with Crippen LogP contribution in [0.5, 0.6) is 0 Å². The number of halogens is 1. The number of rotatable bonds is 3. The largest absolute Gasteiger partial charge is 0.341 e. The summed E-state index contributed by atoms with van der Waals surface area (Å²) in [6, 6.07) is 0. The van der Waals surface area contributed by atoms with E-state index in [9.17, 15) is 0 Å². The van der Waals surface area contributed by atoms with Gasteiger partial charge in [-0.15, -0.1) is 0 Å². The van der Waals surface area contributed by atoms with Crippen LogP contribution in [0.4, 0.5) is 0 Å². The minimum Gasteiger partial charge on any atom is -0.341 e. The quantitative estimate of drug-likeness (QED) is 0.644. The standard InChI is InChI=1S/C8H7ClN4S/c1-5(9)2-14-8-6-7(11-3-10-6)12-4-13-8/h3-4H,1-2H2,(H,10,11,12,13). The van der Waals surface area contributed by atoms with Crippen LogP contribution in [0.15, 0.2) is 29.3 Å². The molecule has 0 aliphatic rings. The molecule has 14 heavy (non-hydrogen) atoms. The van der Waals surface area contributed by atoms with Gasteiger partial charge in [-0.3, -0.25) is 0 Å². The van der Waals surface area contributed by atoms with Crippen LogP contribution in [-0.4, -0.2) is 25.7 Å². The molecule has 0 aliphatic heterocycles. The number of hydrogen-bond acceptors (Lipinski definition) is 4. The number of thioether (sulfide) groups is 1. The molecule has 0 amide bonds. The molecule has 4 nitrogen and oxygen atoms in total. The van der Waals surface area contributed by atoms with Crippen LogP contribution in [0.2, 0.25) is 0 Å². The second kappa shape index (κ2) is 3.98. The molecule has 0 bridgehead atoms. The van der Waals surface area contributed by atoms with Crippen molar-refractivity contribution in [2.75, 3.05) is 5.75 Å². The molecular weight excluding hydrogens is 220 g/mol. The minimum absolute atomic E-state index is 0.598. The summed E-state index contributed by atoms with van der Waals surface area (Å²) in [7, 11) is 0. The number of nitrogens with one attached hydrogen (secondary N) is 1. The summed E-state index contributed by atoms with van der Waals surface area (Å²) in [6.07, 6.45) is 3.08. The molecule has 0 aliphatic carbocycles. The fourth-order valence-electron chi connectivity index (χ4n) is 0.999. The number of H-pyrrole nitrogens is 1. The van der Waals surface area contributed by atoms with Crippen LogP contribution in [0.25, 0.3) is 11.2 Å². The molecule has 2 heterocycles. The van der Waals surface area contributed by atoms with Crippen molar-refractivity contribution in [3.63, 3.8) is 0 Å². The summed E-state index contributed by atoms with van der Waals surface area (Å²) in [4.78, 5) is 15.2. The highest BCUT2D eigenvalue weighted by Crippen LogP contribution is 2.23. The van der Waals surface area contributed by atoms with Gasteiger partial charge in [0.1, 0.15) is 16.9 Å². The van der Waals surface area contributed by atoms with E-state index in [1.54, 1.807) is 6.33 Å². The minimum atomic E-state index is 0.598. The van der Waals surface area contributed by atoms with Gasteiger partial charge in [0, 0.05) is 10.8 Å². The van der Waals surface area contributed by atoms with E-state index in [0.717, 1.165) is 10.5 Å². The molecule has 0 fully saturated rings. The van der Waals surface area contributed by atoms with Gasteiger partial charge >= 0.3 is 0 Å². The zero-order valence-corrected chi connectivity index (χ0v) is 8.77. The lowest BCUT2D eigenvalue weighted by molar-refractivity contribution is 1.09. The van der Waals surface area contributed by atoms with Gasteiger partial charge in [-0.2, -0.15) is 0 Å². The molecular formula is C8H7ClN4S. The fourth-order valence-corrected chi connectivity index (χ4v) is 1.87. The number of aromatic amines is 1. The number of fused-ring (bicyclic) bond motifs is 1. The maximum Gasteiger partial charge on any atom is 0.181 e. The molecule has 0 atom stereocenters. The Morgan fingerprint density at radius 2 is 2.36 bits per heavy atom. The van der Waals surface area contributed by atoms with E-state index in [4.69, 9.17) is 11.6 Å². The van der Waals surface area contributed by atoms with Crippen molar-refractivity contribution in [3.8, 4) is 0 Å². The Balaban J connectivity index is 2.32. The molecule has 0 spiro atoms. The van der Waals surface area contributed by atoms with Crippen molar-refractivity contribution in [1.29, 1.82) is 0 Å². The Labute approximate surface area is 89.8 Å². The zero-order valence-electron chi connectivity index (χ0n) is 7.20. The molecule has 0 unspecified atom stereocenters. The van der Waals surface area contributed by atoms with Crippen LogP contribution < -0.4 is 0 Å². The summed E-state index contributed by atoms with van der Waals surface area (Å²) >= 11 is 7.18. The summed E-state index contributed by atoms with van der Waals surface area (Å²) in [5.74, 6) is 0.632. The van der Waals surface area contributed by atoms with E-state index < -0.39 is 0 Å². The predicted molar refractivity (Wildman–Crippen MR) is 57.4 cm³/mol. The van der Waals surface area contributed by atoms with Gasteiger partial charge in [-0.05, 0) is 0 Å². The van der Waals surface area contributed by atoms with Crippen LogP contribution in [0, 0.1) is 0 Å². The van der Waals surface area contributed by atoms with Crippen molar-refractivity contribution in [2.24, 2.45) is 0 Å². The molecule has 0 saturated heterocycles. The van der Waals surface area contributed by atoms with Gasteiger partial charge in [-0.1, -0.05) is 29.9 Å². The van der Waals surface area contributed by atoms with Crippen molar-refractivity contribution >= 4 is 34.5 Å². The van der Waals surface area contributed by atoms with Gasteiger partial charge in [0.2, 0.25) is 0 Å². The van der Waals surface area contributed by atoms with Gasteiger partial charge in [0.25, 0.3) is 0 Å². The Morgan fingerprint density at radius 3 is 3.14 bits per heavy atom. The van der Waals surface area contributed by atoms with E-state index >= 15 is 0 Å². The first-order chi connectivity index (χ1) is 6.77. The Bertz CT molecular complexity index is 467. The summed E-state index contributed by atoms with van der Waals surface area (Å²) < 4.78 is 0. The van der Waals surface area contributed by atoms with Gasteiger partial charge < -0.3 is 4.98 Å². The van der Waals surface area contributed by atoms with E-state index in [0.29, 0.717) is 16.4 Å². The van der Waals surface area contributed by atoms with Gasteiger partial charge in [0.15, 0.2) is 5.65 Å². The van der Waals surface area contributed by atoms with E-state index in [1.165, 1.54) is 18.1 Å². The van der Waals surface area contributed by atoms with Crippen molar-refractivity contribution in [1.82, 2.24) is 19.9 Å². The number of hydrogen-bond donors (Lipinski definition) is 1. The number of imidazole rings is 1. The Morgan fingerprint density at radius 1 is 1.50 bits per heavy atom. The van der Waals surface area contributed by atoms with E-state index in [1.807, 2.05) is 0 Å². The first-order valence-corrected chi connectivity index (χ1v) is 5.24. The van der Waals surface area contributed by atoms with E-state index in [2.05, 4.69) is 26.5 Å². The predicted octanol–water partition coefficient (Wildman–Crippen LogP) is 2.20. The third-order valence-electron chi connectivity index (χ3n) is 1.55. The van der Waals surface area contributed by atoms with E-state index in [-0.39, 0.29) is 0 Å². The number of aromatic nitrogens is 4. The fraction of sp³-hybridized carbons (Fsp3) is 0.125. The molecule has 0 saturated carbocycles. The molecule has 0 radical (unpaired) electrons. The molecule has 2 rings (SSSR count). The van der Waals surface area contributed by atoms with Gasteiger partial charge in [0.05, 0.1) is 6.33 Å². The first kappa shape index (κ1) is 9.48. The van der Waals surface area contributed by atoms with Crippen molar-refractivity contribution < 1.29 is 0 Å². The lowest BCUT2D eigenvalue weighted by Crippen LogP contribution is -1.87. The van der Waals surface area contributed by atoms with Crippen molar-refractivity contribution in [3.05, 3.63) is 24.3 Å². The molecule has 1 N–H and O–H groups in total. The highest BCUT2D eigenvalue weighted by Gasteiger charge is 2.05. The highest BCUT2D eigenvalue weighted by molar-refractivity contribution is 7.99. The second-order valence-corrected chi connectivity index (χ2v) is 4.08. The Kier molecular flexibility index (Phi) is 2.69.